The summed E-state index contributed by atoms with van der Waals surface area (Å²) in [6.07, 6.45) is -0.100. The number of carbonyl (C=O) groups excluding carboxylic acids is 1. The molecule has 100 valence electrons. The monoisotopic (exact) mass is 263 g/mol. The predicted molar refractivity (Wildman–Crippen MR) is 67.8 cm³/mol. The third-order valence-electron chi connectivity index (χ3n) is 2.16. The Morgan fingerprint density at radius 1 is 1.47 bits per heavy atom. The van der Waals surface area contributed by atoms with Crippen LogP contribution in [0.1, 0.15) is 18.9 Å². The van der Waals surface area contributed by atoms with Gasteiger partial charge in [0, 0.05) is 0 Å². The van der Waals surface area contributed by atoms with Crippen molar-refractivity contribution in [3.05, 3.63) is 33.9 Å². The van der Waals surface area contributed by atoms with E-state index in [0.29, 0.717) is 5.75 Å². The van der Waals surface area contributed by atoms with Crippen LogP contribution in [0.3, 0.4) is 0 Å². The fraction of sp³-hybridized carbons (Fsp3) is 0.308. The van der Waals surface area contributed by atoms with Gasteiger partial charge >= 0.3 is 5.97 Å². The first-order chi connectivity index (χ1) is 9.08. The van der Waals surface area contributed by atoms with Crippen LogP contribution in [0.2, 0.25) is 0 Å². The van der Waals surface area contributed by atoms with Crippen molar-refractivity contribution in [3.63, 3.8) is 0 Å². The zero-order valence-corrected chi connectivity index (χ0v) is 10.6. The molecule has 6 heteroatoms. The average Bonchev–Trinajstić information content (AvgIpc) is 2.39. The standard InChI is InChI=1S/C13H13NO5/c1-3-19-13(15)6-4-5-10-7-8-11(18-2)9-12(10)14(16)17/h7-9H,3,6H2,1-2H3. The van der Waals surface area contributed by atoms with Crippen molar-refractivity contribution in [2.24, 2.45) is 0 Å². The molecule has 0 fully saturated rings. The summed E-state index contributed by atoms with van der Waals surface area (Å²) in [5.41, 5.74) is 0.0748. The van der Waals surface area contributed by atoms with E-state index in [-0.39, 0.29) is 24.3 Å². The van der Waals surface area contributed by atoms with Gasteiger partial charge < -0.3 is 9.47 Å². The second-order valence-electron chi connectivity index (χ2n) is 3.42. The highest BCUT2D eigenvalue weighted by Gasteiger charge is 2.13. The van der Waals surface area contributed by atoms with Crippen LogP contribution in [0, 0.1) is 22.0 Å². The number of methoxy groups -OCH3 is 1. The summed E-state index contributed by atoms with van der Waals surface area (Å²) >= 11 is 0. The van der Waals surface area contributed by atoms with Gasteiger partial charge in [0.25, 0.3) is 5.69 Å². The van der Waals surface area contributed by atoms with Gasteiger partial charge in [-0.25, -0.2) is 0 Å². The Kier molecular flexibility index (Phi) is 5.35. The predicted octanol–water partition coefficient (Wildman–Crippen LogP) is 1.91. The first-order valence-corrected chi connectivity index (χ1v) is 5.55. The summed E-state index contributed by atoms with van der Waals surface area (Å²) in [4.78, 5) is 21.4. The highest BCUT2D eigenvalue weighted by molar-refractivity contribution is 5.72. The minimum Gasteiger partial charge on any atom is -0.497 e. The molecule has 0 saturated heterocycles. The fourth-order valence-electron chi connectivity index (χ4n) is 1.32. The van der Waals surface area contributed by atoms with E-state index in [0.717, 1.165) is 0 Å². The van der Waals surface area contributed by atoms with Gasteiger partial charge in [-0.3, -0.25) is 14.9 Å². The topological polar surface area (TPSA) is 78.7 Å². The maximum Gasteiger partial charge on any atom is 0.317 e. The number of hydrogen-bond acceptors (Lipinski definition) is 5. The highest BCUT2D eigenvalue weighted by atomic mass is 16.6. The third kappa shape index (κ3) is 4.32. The number of nitrogens with zero attached hydrogens (tertiary/aromatic N) is 1. The highest BCUT2D eigenvalue weighted by Crippen LogP contribution is 2.23. The van der Waals surface area contributed by atoms with Crippen LogP contribution in [0.5, 0.6) is 5.75 Å². The smallest absolute Gasteiger partial charge is 0.317 e. The molecule has 0 bridgehead atoms. The number of hydrogen-bond donors (Lipinski definition) is 0. The maximum absolute atomic E-state index is 11.1. The van der Waals surface area contributed by atoms with Gasteiger partial charge in [-0.15, -0.1) is 0 Å². The Morgan fingerprint density at radius 3 is 2.79 bits per heavy atom. The Morgan fingerprint density at radius 2 is 2.21 bits per heavy atom. The number of nitro benzene ring substituents is 1. The molecule has 6 nitrogen and oxygen atoms in total. The molecule has 0 N–H and O–H groups in total. The van der Waals surface area contributed by atoms with E-state index in [1.54, 1.807) is 13.0 Å². The van der Waals surface area contributed by atoms with Gasteiger partial charge in [-0.2, -0.15) is 0 Å². The van der Waals surface area contributed by atoms with E-state index in [1.165, 1.54) is 19.2 Å². The molecular formula is C13H13NO5. The molecule has 0 radical (unpaired) electrons. The molecule has 1 aromatic rings. The average molecular weight is 263 g/mol. The van der Waals surface area contributed by atoms with Crippen molar-refractivity contribution in [2.75, 3.05) is 13.7 Å². The quantitative estimate of drug-likeness (QED) is 0.359. The van der Waals surface area contributed by atoms with Crippen LogP contribution in [-0.4, -0.2) is 24.6 Å². The molecule has 1 rings (SSSR count). The molecule has 19 heavy (non-hydrogen) atoms. The number of esters is 1. The lowest BCUT2D eigenvalue weighted by molar-refractivity contribution is -0.385. The van der Waals surface area contributed by atoms with E-state index in [2.05, 4.69) is 11.8 Å². The van der Waals surface area contributed by atoms with Crippen molar-refractivity contribution >= 4 is 11.7 Å². The Balaban J connectivity index is 2.92. The number of ether oxygens (including phenoxy) is 2. The van der Waals surface area contributed by atoms with Gasteiger partial charge in [0.05, 0.1) is 24.7 Å². The molecule has 0 heterocycles. The van der Waals surface area contributed by atoms with Crippen molar-refractivity contribution < 1.29 is 19.2 Å². The molecule has 0 spiro atoms. The van der Waals surface area contributed by atoms with Crippen molar-refractivity contribution in [1.29, 1.82) is 0 Å². The minimum atomic E-state index is -0.545. The summed E-state index contributed by atoms with van der Waals surface area (Å²) in [6, 6.07) is 4.34. The largest absolute Gasteiger partial charge is 0.497 e. The van der Waals surface area contributed by atoms with E-state index in [1.807, 2.05) is 0 Å². The zero-order chi connectivity index (χ0) is 14.3. The normalized spacial score (nSPS) is 9.16. The first-order valence-electron chi connectivity index (χ1n) is 5.55. The lowest BCUT2D eigenvalue weighted by Crippen LogP contribution is -2.01. The van der Waals surface area contributed by atoms with Gasteiger partial charge in [-0.1, -0.05) is 11.8 Å². The number of benzene rings is 1. The molecule has 0 amide bonds. The lowest BCUT2D eigenvalue weighted by atomic mass is 10.1. The van der Waals surface area contributed by atoms with Crippen LogP contribution < -0.4 is 4.74 Å². The summed E-state index contributed by atoms with van der Waals surface area (Å²) < 4.78 is 9.61. The molecule has 0 saturated carbocycles. The molecule has 0 unspecified atom stereocenters. The van der Waals surface area contributed by atoms with Crippen LogP contribution in [0.15, 0.2) is 18.2 Å². The van der Waals surface area contributed by atoms with Crippen LogP contribution in [-0.2, 0) is 9.53 Å². The van der Waals surface area contributed by atoms with Crippen LogP contribution >= 0.6 is 0 Å². The van der Waals surface area contributed by atoms with E-state index in [9.17, 15) is 14.9 Å². The van der Waals surface area contributed by atoms with E-state index in [4.69, 9.17) is 9.47 Å². The molecule has 0 aliphatic carbocycles. The van der Waals surface area contributed by atoms with Gasteiger partial charge in [0.1, 0.15) is 17.7 Å². The molecule has 0 aliphatic rings. The number of nitro groups is 1. The second-order valence-corrected chi connectivity index (χ2v) is 3.42. The summed E-state index contributed by atoms with van der Waals surface area (Å²) in [5, 5.41) is 10.9. The molecule has 0 aromatic heterocycles. The fourth-order valence-corrected chi connectivity index (χ4v) is 1.32. The number of carbonyl (C=O) groups is 1. The lowest BCUT2D eigenvalue weighted by Gasteiger charge is -2.00. The molecule has 0 aliphatic heterocycles. The summed E-state index contributed by atoms with van der Waals surface area (Å²) in [7, 11) is 1.42. The van der Waals surface area contributed by atoms with Crippen molar-refractivity contribution in [2.45, 2.75) is 13.3 Å². The number of rotatable bonds is 4. The van der Waals surface area contributed by atoms with Crippen LogP contribution in [0.4, 0.5) is 5.69 Å². The Bertz CT molecular complexity index is 542. The molecule has 0 atom stereocenters. The first kappa shape index (κ1) is 14.5. The summed E-state index contributed by atoms with van der Waals surface area (Å²) in [6.45, 7) is 1.98. The Labute approximate surface area is 110 Å². The van der Waals surface area contributed by atoms with Gasteiger partial charge in [0.2, 0.25) is 0 Å². The van der Waals surface area contributed by atoms with Crippen molar-refractivity contribution in [1.82, 2.24) is 0 Å². The second kappa shape index (κ2) is 7.01. The van der Waals surface area contributed by atoms with E-state index >= 15 is 0 Å². The molecular weight excluding hydrogens is 250 g/mol. The van der Waals surface area contributed by atoms with Gasteiger partial charge in [-0.05, 0) is 19.1 Å². The van der Waals surface area contributed by atoms with Gasteiger partial charge in [0.15, 0.2) is 0 Å². The molecule has 1 aromatic carbocycles. The van der Waals surface area contributed by atoms with Crippen LogP contribution in [0.25, 0.3) is 0 Å². The zero-order valence-electron chi connectivity index (χ0n) is 10.6. The maximum atomic E-state index is 11.1. The SMILES string of the molecule is CCOC(=O)CC#Cc1ccc(OC)cc1[N+](=O)[O-]. The third-order valence-corrected chi connectivity index (χ3v) is 2.16. The summed E-state index contributed by atoms with van der Waals surface area (Å²) in [5.74, 6) is 5.06. The van der Waals surface area contributed by atoms with Crippen molar-refractivity contribution in [3.8, 4) is 17.6 Å². The minimum absolute atomic E-state index is 0.100. The van der Waals surface area contributed by atoms with E-state index < -0.39 is 10.9 Å². The Hall–Kier alpha value is -2.55.